The average Bonchev–Trinajstić information content (AvgIpc) is 3.11. The summed E-state index contributed by atoms with van der Waals surface area (Å²) in [5, 5.41) is -5.77. The standard InChI is InChI=1S/C15H17F5O7S/c1-5(21)26-11-7-3-2-6-8(7)4-9(11)10(6)12(22)27-13(14(16,17)18)15(19,20)28(23,24)25/h6-11,13H,2-4H2,1H3,(H,23,24,25). The molecule has 160 valence electrons. The van der Waals surface area contributed by atoms with Crippen LogP contribution in [0.15, 0.2) is 0 Å². The predicted octanol–water partition coefficient (Wildman–Crippen LogP) is 2.16. The second kappa shape index (κ2) is 6.51. The number of halogens is 5. The molecule has 1 N–H and O–H groups in total. The molecule has 3 rings (SSSR count). The lowest BCUT2D eigenvalue weighted by Crippen LogP contribution is -2.53. The largest absolute Gasteiger partial charge is 0.462 e. The third-order valence-electron chi connectivity index (χ3n) is 6.00. The maximum absolute atomic E-state index is 13.7. The van der Waals surface area contributed by atoms with E-state index in [0.29, 0.717) is 19.3 Å². The van der Waals surface area contributed by atoms with E-state index in [9.17, 15) is 40.0 Å². The van der Waals surface area contributed by atoms with Crippen LogP contribution < -0.4 is 0 Å². The highest BCUT2D eigenvalue weighted by Crippen LogP contribution is 2.63. The summed E-state index contributed by atoms with van der Waals surface area (Å²) in [7, 11) is -6.50. The van der Waals surface area contributed by atoms with Crippen LogP contribution >= 0.6 is 0 Å². The van der Waals surface area contributed by atoms with Crippen molar-refractivity contribution < 1.29 is 54.0 Å². The lowest BCUT2D eigenvalue weighted by Gasteiger charge is -2.34. The molecule has 0 saturated heterocycles. The van der Waals surface area contributed by atoms with Crippen LogP contribution in [0.3, 0.4) is 0 Å². The van der Waals surface area contributed by atoms with Crippen molar-refractivity contribution in [2.45, 2.75) is 49.8 Å². The Balaban J connectivity index is 1.86. The molecule has 3 fully saturated rings. The van der Waals surface area contributed by atoms with Gasteiger partial charge in [-0.05, 0) is 37.0 Å². The molecule has 0 aromatic carbocycles. The molecule has 7 atom stereocenters. The van der Waals surface area contributed by atoms with Crippen LogP contribution in [0.5, 0.6) is 0 Å². The Labute approximate surface area is 156 Å². The van der Waals surface area contributed by atoms with Gasteiger partial charge in [0.2, 0.25) is 0 Å². The zero-order valence-corrected chi connectivity index (χ0v) is 15.2. The van der Waals surface area contributed by atoms with Crippen molar-refractivity contribution in [2.75, 3.05) is 0 Å². The first-order valence-corrected chi connectivity index (χ1v) is 9.89. The van der Waals surface area contributed by atoms with Crippen molar-refractivity contribution in [3.05, 3.63) is 0 Å². The number of carbonyl (C=O) groups excluding carboxylic acids is 2. The van der Waals surface area contributed by atoms with Crippen molar-refractivity contribution in [3.8, 4) is 0 Å². The highest BCUT2D eigenvalue weighted by molar-refractivity contribution is 7.86. The summed E-state index contributed by atoms with van der Waals surface area (Å²) in [6.45, 7) is 1.14. The Hall–Kier alpha value is -1.50. The van der Waals surface area contributed by atoms with Crippen molar-refractivity contribution in [3.63, 3.8) is 0 Å². The normalized spacial score (nSPS) is 35.7. The second-order valence-corrected chi connectivity index (χ2v) is 8.96. The Kier molecular flexibility index (Phi) is 4.93. The number of carbonyl (C=O) groups is 2. The highest BCUT2D eigenvalue weighted by atomic mass is 32.2. The number of ether oxygens (including phenoxy) is 2. The molecule has 0 amide bonds. The highest BCUT2D eigenvalue weighted by Gasteiger charge is 2.69. The molecule has 3 aliphatic carbocycles. The Bertz CT molecular complexity index is 780. The quantitative estimate of drug-likeness (QED) is 0.400. The van der Waals surface area contributed by atoms with E-state index in [2.05, 4.69) is 4.74 Å². The molecule has 3 saturated carbocycles. The fraction of sp³-hybridized carbons (Fsp3) is 0.867. The van der Waals surface area contributed by atoms with E-state index in [-0.39, 0.29) is 11.8 Å². The summed E-state index contributed by atoms with van der Waals surface area (Å²) in [6.07, 6.45) is -9.67. The topological polar surface area (TPSA) is 107 Å². The molecule has 0 aromatic heterocycles. The van der Waals surface area contributed by atoms with Gasteiger partial charge in [-0.3, -0.25) is 14.1 Å². The van der Waals surface area contributed by atoms with Gasteiger partial charge in [0.1, 0.15) is 6.10 Å². The second-order valence-electron chi connectivity index (χ2n) is 7.46. The monoisotopic (exact) mass is 436 g/mol. The molecule has 0 heterocycles. The number of rotatable bonds is 5. The molecule has 0 aromatic rings. The molecule has 0 spiro atoms. The number of hydrogen-bond donors (Lipinski definition) is 1. The van der Waals surface area contributed by atoms with Gasteiger partial charge in [-0.2, -0.15) is 30.4 Å². The summed E-state index contributed by atoms with van der Waals surface area (Å²) < 4.78 is 105. The summed E-state index contributed by atoms with van der Waals surface area (Å²) in [5.41, 5.74) is 0. The zero-order valence-electron chi connectivity index (χ0n) is 14.4. The van der Waals surface area contributed by atoms with Crippen LogP contribution in [-0.2, 0) is 29.2 Å². The summed E-state index contributed by atoms with van der Waals surface area (Å²) >= 11 is 0. The zero-order chi connectivity index (χ0) is 21.2. The van der Waals surface area contributed by atoms with Crippen LogP contribution in [-0.4, -0.2) is 48.5 Å². The van der Waals surface area contributed by atoms with Crippen LogP contribution in [0, 0.1) is 29.6 Å². The molecule has 2 bridgehead atoms. The molecular weight excluding hydrogens is 419 g/mol. The summed E-state index contributed by atoms with van der Waals surface area (Å²) in [6, 6.07) is 0. The molecule has 13 heteroatoms. The van der Waals surface area contributed by atoms with E-state index in [4.69, 9.17) is 9.29 Å². The summed E-state index contributed by atoms with van der Waals surface area (Å²) in [4.78, 5) is 23.7. The van der Waals surface area contributed by atoms with Gasteiger partial charge in [0.05, 0.1) is 5.92 Å². The van der Waals surface area contributed by atoms with Crippen LogP contribution in [0.25, 0.3) is 0 Å². The van der Waals surface area contributed by atoms with E-state index in [1.165, 1.54) is 0 Å². The third-order valence-corrected chi connectivity index (χ3v) is 6.90. The molecule has 7 nitrogen and oxygen atoms in total. The van der Waals surface area contributed by atoms with Crippen molar-refractivity contribution in [2.24, 2.45) is 29.6 Å². The molecule has 7 unspecified atom stereocenters. The number of fused-ring (bicyclic) bond motifs is 1. The molecule has 0 radical (unpaired) electrons. The molecular formula is C15H17F5O7S. The minimum Gasteiger partial charge on any atom is -0.462 e. The first-order chi connectivity index (χ1) is 12.7. The SMILES string of the molecule is CC(=O)OC1C2CCC3C2CC1C3C(=O)OC(C(F)(F)F)C(F)(F)S(=O)(=O)O. The molecule has 28 heavy (non-hydrogen) atoms. The van der Waals surface area contributed by atoms with Gasteiger partial charge in [0.25, 0.3) is 6.10 Å². The number of esters is 2. The van der Waals surface area contributed by atoms with E-state index >= 15 is 0 Å². The number of hydrogen-bond acceptors (Lipinski definition) is 6. The van der Waals surface area contributed by atoms with Crippen LogP contribution in [0.4, 0.5) is 22.0 Å². The molecule has 3 aliphatic rings. The third kappa shape index (κ3) is 3.25. The maximum atomic E-state index is 13.7. The Morgan fingerprint density at radius 2 is 1.61 bits per heavy atom. The first-order valence-electron chi connectivity index (χ1n) is 8.45. The molecule has 0 aliphatic heterocycles. The average molecular weight is 436 g/mol. The van der Waals surface area contributed by atoms with Crippen molar-refractivity contribution in [1.82, 2.24) is 0 Å². The van der Waals surface area contributed by atoms with Gasteiger partial charge in [0, 0.05) is 12.8 Å². The van der Waals surface area contributed by atoms with Gasteiger partial charge < -0.3 is 9.47 Å². The lowest BCUT2D eigenvalue weighted by molar-refractivity contribution is -0.262. The van der Waals surface area contributed by atoms with Crippen molar-refractivity contribution >= 4 is 22.1 Å². The fourth-order valence-electron chi connectivity index (χ4n) is 5.14. The maximum Gasteiger partial charge on any atom is 0.432 e. The van der Waals surface area contributed by atoms with Gasteiger partial charge >= 0.3 is 33.5 Å². The van der Waals surface area contributed by atoms with Crippen molar-refractivity contribution in [1.29, 1.82) is 0 Å². The van der Waals surface area contributed by atoms with Gasteiger partial charge in [-0.15, -0.1) is 0 Å². The van der Waals surface area contributed by atoms with Gasteiger partial charge in [-0.25, -0.2) is 0 Å². The Morgan fingerprint density at radius 3 is 2.11 bits per heavy atom. The smallest absolute Gasteiger partial charge is 0.432 e. The Morgan fingerprint density at radius 1 is 1.04 bits per heavy atom. The van der Waals surface area contributed by atoms with Gasteiger partial charge in [0.15, 0.2) is 0 Å². The van der Waals surface area contributed by atoms with E-state index in [1.807, 2.05) is 0 Å². The van der Waals surface area contributed by atoms with E-state index in [1.54, 1.807) is 0 Å². The van der Waals surface area contributed by atoms with Crippen LogP contribution in [0.2, 0.25) is 0 Å². The van der Waals surface area contributed by atoms with E-state index < -0.39 is 63.4 Å². The first kappa shape index (κ1) is 21.2. The summed E-state index contributed by atoms with van der Waals surface area (Å²) in [5.74, 6) is -4.77. The van der Waals surface area contributed by atoms with Gasteiger partial charge in [-0.1, -0.05) is 0 Å². The lowest BCUT2D eigenvalue weighted by atomic mass is 9.78. The predicted molar refractivity (Wildman–Crippen MR) is 79.3 cm³/mol. The minimum absolute atomic E-state index is 0.0550. The minimum atomic E-state index is -6.50. The van der Waals surface area contributed by atoms with Crippen LogP contribution in [0.1, 0.15) is 26.2 Å². The fourth-order valence-corrected chi connectivity index (χ4v) is 5.59. The number of alkyl halides is 5. The van der Waals surface area contributed by atoms with E-state index in [0.717, 1.165) is 6.92 Å².